The van der Waals surface area contributed by atoms with Crippen molar-refractivity contribution in [2.24, 2.45) is 0 Å². The molecule has 1 amide bonds. The van der Waals surface area contributed by atoms with E-state index in [1.54, 1.807) is 0 Å². The fourth-order valence-corrected chi connectivity index (χ4v) is 3.22. The van der Waals surface area contributed by atoms with Gasteiger partial charge < -0.3 is 4.90 Å². The molecule has 2 rings (SSSR count). The lowest BCUT2D eigenvalue weighted by Crippen LogP contribution is -2.31. The van der Waals surface area contributed by atoms with Crippen LogP contribution in [0.15, 0.2) is 29.3 Å². The van der Waals surface area contributed by atoms with Gasteiger partial charge in [-0.05, 0) is 51.5 Å². The van der Waals surface area contributed by atoms with E-state index in [9.17, 15) is 4.79 Å². The maximum absolute atomic E-state index is 12.1. The highest BCUT2D eigenvalue weighted by atomic mass is 32.2. The van der Waals surface area contributed by atoms with Gasteiger partial charge in [0.2, 0.25) is 5.91 Å². The zero-order chi connectivity index (χ0) is 15.4. The molecule has 112 valence electrons. The molecule has 0 unspecified atom stereocenters. The number of rotatable bonds is 5. The number of fused-ring (bicyclic) bond motifs is 1. The van der Waals surface area contributed by atoms with E-state index < -0.39 is 0 Å². The summed E-state index contributed by atoms with van der Waals surface area (Å²) in [4.78, 5) is 18.6. The normalized spacial score (nSPS) is 10.9. The van der Waals surface area contributed by atoms with Gasteiger partial charge in [-0.3, -0.25) is 4.79 Å². The zero-order valence-electron chi connectivity index (χ0n) is 13.1. The Labute approximate surface area is 130 Å². The number of pyridine rings is 1. The van der Waals surface area contributed by atoms with Gasteiger partial charge in [0.25, 0.3) is 0 Å². The molecule has 4 heteroatoms. The van der Waals surface area contributed by atoms with E-state index in [1.807, 2.05) is 24.8 Å². The fourth-order valence-electron chi connectivity index (χ4n) is 2.33. The summed E-state index contributed by atoms with van der Waals surface area (Å²) in [6.07, 6.45) is 0. The second kappa shape index (κ2) is 6.94. The van der Waals surface area contributed by atoms with E-state index in [2.05, 4.69) is 32.0 Å². The van der Waals surface area contributed by atoms with E-state index in [0.29, 0.717) is 5.75 Å². The molecule has 0 aliphatic rings. The lowest BCUT2D eigenvalue weighted by molar-refractivity contribution is -0.127. The number of amides is 1. The Balaban J connectivity index is 2.17. The van der Waals surface area contributed by atoms with E-state index in [1.165, 1.54) is 17.3 Å². The number of hydrogen-bond donors (Lipinski definition) is 0. The first kappa shape index (κ1) is 15.8. The van der Waals surface area contributed by atoms with Crippen molar-refractivity contribution in [2.45, 2.75) is 32.7 Å². The summed E-state index contributed by atoms with van der Waals surface area (Å²) in [5.74, 6) is 0.627. The standard InChI is InChI=1S/C17H22N2OS/c1-5-19(6-2)16(20)11-21-17-13(4)10-14-9-12(3)7-8-15(14)18-17/h7-10H,5-6,11H2,1-4H3. The highest BCUT2D eigenvalue weighted by Crippen LogP contribution is 2.25. The second-order valence-corrected chi connectivity index (χ2v) is 6.13. The van der Waals surface area contributed by atoms with Crippen LogP contribution in [0.2, 0.25) is 0 Å². The van der Waals surface area contributed by atoms with Crippen LogP contribution in [0.4, 0.5) is 0 Å². The molecule has 0 N–H and O–H groups in total. The first-order chi connectivity index (χ1) is 10.0. The van der Waals surface area contributed by atoms with Crippen LogP contribution >= 0.6 is 11.8 Å². The summed E-state index contributed by atoms with van der Waals surface area (Å²) >= 11 is 1.53. The SMILES string of the molecule is CCN(CC)C(=O)CSc1nc2ccc(C)cc2cc1C. The predicted molar refractivity (Wildman–Crippen MR) is 89.9 cm³/mol. The summed E-state index contributed by atoms with van der Waals surface area (Å²) in [6, 6.07) is 8.41. The van der Waals surface area contributed by atoms with Gasteiger partial charge in [0.1, 0.15) is 5.03 Å². The topological polar surface area (TPSA) is 33.2 Å². The van der Waals surface area contributed by atoms with Crippen LogP contribution in [-0.2, 0) is 4.79 Å². The molecule has 0 aliphatic carbocycles. The average molecular weight is 302 g/mol. The Morgan fingerprint density at radius 1 is 1.19 bits per heavy atom. The molecule has 3 nitrogen and oxygen atoms in total. The molecule has 0 saturated carbocycles. The van der Waals surface area contributed by atoms with Gasteiger partial charge >= 0.3 is 0 Å². The first-order valence-electron chi connectivity index (χ1n) is 7.33. The van der Waals surface area contributed by atoms with Crippen LogP contribution in [0.5, 0.6) is 0 Å². The van der Waals surface area contributed by atoms with Crippen LogP contribution in [0.1, 0.15) is 25.0 Å². The molecule has 1 aromatic carbocycles. The maximum Gasteiger partial charge on any atom is 0.232 e. The Hall–Kier alpha value is -1.55. The van der Waals surface area contributed by atoms with Gasteiger partial charge in [0.15, 0.2) is 0 Å². The molecule has 0 aliphatic heterocycles. The highest BCUT2D eigenvalue weighted by Gasteiger charge is 2.12. The van der Waals surface area contributed by atoms with Gasteiger partial charge in [-0.15, -0.1) is 0 Å². The first-order valence-corrected chi connectivity index (χ1v) is 8.32. The van der Waals surface area contributed by atoms with E-state index in [0.717, 1.165) is 34.6 Å². The van der Waals surface area contributed by atoms with Crippen molar-refractivity contribution < 1.29 is 4.79 Å². The molecule has 0 spiro atoms. The van der Waals surface area contributed by atoms with Crippen molar-refractivity contribution in [1.82, 2.24) is 9.88 Å². The smallest absolute Gasteiger partial charge is 0.232 e. The van der Waals surface area contributed by atoms with Gasteiger partial charge in [0, 0.05) is 18.5 Å². The number of hydrogen-bond acceptors (Lipinski definition) is 3. The van der Waals surface area contributed by atoms with E-state index in [-0.39, 0.29) is 5.91 Å². The van der Waals surface area contributed by atoms with Crippen LogP contribution in [0, 0.1) is 13.8 Å². The molecule has 0 bridgehead atoms. The summed E-state index contributed by atoms with van der Waals surface area (Å²) in [5, 5.41) is 2.11. The van der Waals surface area contributed by atoms with Crippen molar-refractivity contribution in [3.05, 3.63) is 35.4 Å². The number of nitrogens with zero attached hydrogens (tertiary/aromatic N) is 2. The Morgan fingerprint density at radius 2 is 1.90 bits per heavy atom. The number of aromatic nitrogens is 1. The lowest BCUT2D eigenvalue weighted by atomic mass is 10.1. The Morgan fingerprint density at radius 3 is 2.57 bits per heavy atom. The summed E-state index contributed by atoms with van der Waals surface area (Å²) in [6.45, 7) is 9.68. The van der Waals surface area contributed by atoms with Crippen LogP contribution in [-0.4, -0.2) is 34.6 Å². The van der Waals surface area contributed by atoms with Gasteiger partial charge in [-0.25, -0.2) is 4.98 Å². The fraction of sp³-hybridized carbons (Fsp3) is 0.412. The number of carbonyl (C=O) groups is 1. The van der Waals surface area contributed by atoms with Crippen molar-refractivity contribution in [3.63, 3.8) is 0 Å². The maximum atomic E-state index is 12.1. The summed E-state index contributed by atoms with van der Waals surface area (Å²) < 4.78 is 0. The molecule has 0 radical (unpaired) electrons. The minimum atomic E-state index is 0.176. The second-order valence-electron chi connectivity index (χ2n) is 5.16. The minimum absolute atomic E-state index is 0.176. The van der Waals surface area contributed by atoms with Crippen LogP contribution < -0.4 is 0 Å². The van der Waals surface area contributed by atoms with Crippen molar-refractivity contribution in [3.8, 4) is 0 Å². The van der Waals surface area contributed by atoms with Gasteiger partial charge in [-0.1, -0.05) is 23.4 Å². The average Bonchev–Trinajstić information content (AvgIpc) is 2.46. The third kappa shape index (κ3) is 3.76. The van der Waals surface area contributed by atoms with E-state index >= 15 is 0 Å². The number of carbonyl (C=O) groups excluding carboxylic acids is 1. The predicted octanol–water partition coefficient (Wildman–Crippen LogP) is 3.81. The summed E-state index contributed by atoms with van der Waals surface area (Å²) in [7, 11) is 0. The summed E-state index contributed by atoms with van der Waals surface area (Å²) in [5.41, 5.74) is 3.36. The van der Waals surface area contributed by atoms with Crippen molar-refractivity contribution in [1.29, 1.82) is 0 Å². The quantitative estimate of drug-likeness (QED) is 0.787. The number of thioether (sulfide) groups is 1. The van der Waals surface area contributed by atoms with Gasteiger partial charge in [0.05, 0.1) is 11.3 Å². The van der Waals surface area contributed by atoms with Crippen LogP contribution in [0.25, 0.3) is 10.9 Å². The zero-order valence-corrected chi connectivity index (χ0v) is 14.0. The van der Waals surface area contributed by atoms with Crippen molar-refractivity contribution >= 4 is 28.6 Å². The van der Waals surface area contributed by atoms with E-state index in [4.69, 9.17) is 4.98 Å². The van der Waals surface area contributed by atoms with Crippen molar-refractivity contribution in [2.75, 3.05) is 18.8 Å². The molecular formula is C17H22N2OS. The number of aryl methyl sites for hydroxylation is 2. The Bertz CT molecular complexity index is 651. The van der Waals surface area contributed by atoms with Gasteiger partial charge in [-0.2, -0.15) is 0 Å². The molecule has 1 heterocycles. The molecule has 0 fully saturated rings. The van der Waals surface area contributed by atoms with Crippen LogP contribution in [0.3, 0.4) is 0 Å². The Kier molecular flexibility index (Phi) is 5.23. The molecule has 0 atom stereocenters. The number of benzene rings is 1. The lowest BCUT2D eigenvalue weighted by Gasteiger charge is -2.18. The third-order valence-corrected chi connectivity index (χ3v) is 4.64. The molecular weight excluding hydrogens is 280 g/mol. The molecule has 0 saturated heterocycles. The monoisotopic (exact) mass is 302 g/mol. The molecule has 2 aromatic rings. The molecule has 1 aromatic heterocycles. The minimum Gasteiger partial charge on any atom is -0.343 e. The largest absolute Gasteiger partial charge is 0.343 e. The molecule has 21 heavy (non-hydrogen) atoms. The third-order valence-electron chi connectivity index (χ3n) is 3.56. The highest BCUT2D eigenvalue weighted by molar-refractivity contribution is 7.99.